The van der Waals surface area contributed by atoms with Gasteiger partial charge in [-0.1, -0.05) is 15.9 Å². The van der Waals surface area contributed by atoms with Crippen LogP contribution in [0.1, 0.15) is 39.0 Å². The largest absolute Gasteiger partial charge is 0.341 e. The van der Waals surface area contributed by atoms with Gasteiger partial charge in [-0.25, -0.2) is 0 Å². The first-order valence-electron chi connectivity index (χ1n) is 6.84. The van der Waals surface area contributed by atoms with Gasteiger partial charge in [-0.15, -0.1) is 0 Å². The van der Waals surface area contributed by atoms with Crippen LogP contribution in [0.3, 0.4) is 0 Å². The third kappa shape index (κ3) is 2.87. The van der Waals surface area contributed by atoms with Crippen LogP contribution < -0.4 is 0 Å². The molecule has 2 rings (SSSR count). The number of likely N-dealkylation sites (tertiary alicyclic amines) is 2. The van der Waals surface area contributed by atoms with E-state index in [1.165, 1.54) is 6.42 Å². The van der Waals surface area contributed by atoms with Crippen molar-refractivity contribution in [3.05, 3.63) is 0 Å². The molecule has 2 unspecified atom stereocenters. The molecule has 2 aliphatic rings. The molecule has 0 spiro atoms. The fourth-order valence-corrected chi connectivity index (χ4v) is 3.34. The van der Waals surface area contributed by atoms with E-state index < -0.39 is 0 Å². The number of halogens is 1. The van der Waals surface area contributed by atoms with Gasteiger partial charge in [-0.3, -0.25) is 9.59 Å². The van der Waals surface area contributed by atoms with Gasteiger partial charge in [-0.2, -0.15) is 0 Å². The topological polar surface area (TPSA) is 40.6 Å². The molecule has 0 aliphatic carbocycles. The van der Waals surface area contributed by atoms with E-state index in [0.717, 1.165) is 38.8 Å². The minimum absolute atomic E-state index is 0.0686. The predicted molar refractivity (Wildman–Crippen MR) is 73.6 cm³/mol. The van der Waals surface area contributed by atoms with Crippen molar-refractivity contribution in [3.63, 3.8) is 0 Å². The van der Waals surface area contributed by atoms with Gasteiger partial charge < -0.3 is 9.80 Å². The first-order chi connectivity index (χ1) is 8.61. The third-order valence-electron chi connectivity index (χ3n) is 3.90. The van der Waals surface area contributed by atoms with Crippen LogP contribution >= 0.6 is 15.9 Å². The van der Waals surface area contributed by atoms with Crippen molar-refractivity contribution in [2.45, 2.75) is 49.9 Å². The van der Waals surface area contributed by atoms with E-state index >= 15 is 0 Å². The van der Waals surface area contributed by atoms with Gasteiger partial charge in [0.1, 0.15) is 6.04 Å². The Bertz CT molecular complexity index is 329. The van der Waals surface area contributed by atoms with Crippen LogP contribution in [0, 0.1) is 0 Å². The summed E-state index contributed by atoms with van der Waals surface area (Å²) in [6, 6.07) is -0.309. The Balaban J connectivity index is 1.98. The summed E-state index contributed by atoms with van der Waals surface area (Å²) in [7, 11) is 0. The average Bonchev–Trinajstić information content (AvgIpc) is 2.41. The van der Waals surface area contributed by atoms with Crippen LogP contribution in [0.2, 0.25) is 0 Å². The van der Waals surface area contributed by atoms with Gasteiger partial charge in [0.2, 0.25) is 11.8 Å². The Morgan fingerprint density at radius 2 is 1.89 bits per heavy atom. The molecule has 102 valence electrons. The molecule has 0 radical (unpaired) electrons. The summed E-state index contributed by atoms with van der Waals surface area (Å²) >= 11 is 3.39. The van der Waals surface area contributed by atoms with E-state index in [-0.39, 0.29) is 22.7 Å². The van der Waals surface area contributed by atoms with E-state index in [1.807, 2.05) is 11.8 Å². The monoisotopic (exact) mass is 316 g/mol. The Hall–Kier alpha value is -0.580. The van der Waals surface area contributed by atoms with Crippen LogP contribution in [-0.2, 0) is 9.59 Å². The summed E-state index contributed by atoms with van der Waals surface area (Å²) < 4.78 is 0. The summed E-state index contributed by atoms with van der Waals surface area (Å²) in [5, 5.41) is 0. The Kier molecular flexibility index (Phi) is 4.65. The molecule has 0 aromatic heterocycles. The average molecular weight is 317 g/mol. The summed E-state index contributed by atoms with van der Waals surface area (Å²) in [6.45, 7) is 4.27. The highest BCUT2D eigenvalue weighted by Gasteiger charge is 2.34. The molecule has 5 heteroatoms. The van der Waals surface area contributed by atoms with Crippen molar-refractivity contribution in [1.29, 1.82) is 0 Å². The third-order valence-corrected chi connectivity index (χ3v) is 4.75. The molecule has 2 saturated heterocycles. The second-order valence-electron chi connectivity index (χ2n) is 5.20. The van der Waals surface area contributed by atoms with Crippen LogP contribution in [0.4, 0.5) is 0 Å². The molecule has 0 bridgehead atoms. The molecule has 2 amide bonds. The first-order valence-corrected chi connectivity index (χ1v) is 7.76. The summed E-state index contributed by atoms with van der Waals surface area (Å²) in [4.78, 5) is 28.0. The molecule has 2 heterocycles. The maximum atomic E-state index is 12.4. The lowest BCUT2D eigenvalue weighted by molar-refractivity contribution is -0.146. The zero-order valence-corrected chi connectivity index (χ0v) is 12.5. The number of nitrogens with zero attached hydrogens (tertiary/aromatic N) is 2. The fraction of sp³-hybridized carbons (Fsp3) is 0.846. The molecular formula is C13H21BrN2O2. The number of rotatable bonds is 2. The standard InChI is InChI=1S/C13H21BrN2O2/c1-10(12(17)15-7-3-2-4-8-15)16-9-5-6-11(14)13(16)18/h10-11H,2-9H2,1H3. The Morgan fingerprint density at radius 3 is 2.56 bits per heavy atom. The second kappa shape index (κ2) is 6.04. The van der Waals surface area contributed by atoms with Gasteiger partial charge >= 0.3 is 0 Å². The highest BCUT2D eigenvalue weighted by molar-refractivity contribution is 9.10. The Labute approximate surface area is 117 Å². The zero-order chi connectivity index (χ0) is 13.1. The number of carbonyl (C=O) groups excluding carboxylic acids is 2. The molecule has 4 nitrogen and oxygen atoms in total. The van der Waals surface area contributed by atoms with E-state index in [2.05, 4.69) is 15.9 Å². The number of hydrogen-bond acceptors (Lipinski definition) is 2. The second-order valence-corrected chi connectivity index (χ2v) is 6.31. The minimum atomic E-state index is -0.309. The van der Waals surface area contributed by atoms with Gasteiger partial charge in [0, 0.05) is 19.6 Å². The molecule has 18 heavy (non-hydrogen) atoms. The van der Waals surface area contributed by atoms with Crippen molar-refractivity contribution in [2.75, 3.05) is 19.6 Å². The van der Waals surface area contributed by atoms with Crippen molar-refractivity contribution >= 4 is 27.7 Å². The number of hydrogen-bond donors (Lipinski definition) is 0. The van der Waals surface area contributed by atoms with Gasteiger partial charge in [0.25, 0.3) is 0 Å². The molecular weight excluding hydrogens is 296 g/mol. The smallest absolute Gasteiger partial charge is 0.245 e. The highest BCUT2D eigenvalue weighted by atomic mass is 79.9. The molecule has 0 saturated carbocycles. The van der Waals surface area contributed by atoms with E-state index in [4.69, 9.17) is 0 Å². The van der Waals surface area contributed by atoms with E-state index in [9.17, 15) is 9.59 Å². The lowest BCUT2D eigenvalue weighted by Crippen LogP contribution is -2.54. The van der Waals surface area contributed by atoms with Gasteiger partial charge in [-0.05, 0) is 39.0 Å². The maximum Gasteiger partial charge on any atom is 0.245 e. The van der Waals surface area contributed by atoms with Crippen molar-refractivity contribution in [1.82, 2.24) is 9.80 Å². The van der Waals surface area contributed by atoms with E-state index in [1.54, 1.807) is 4.90 Å². The maximum absolute atomic E-state index is 12.4. The molecule has 2 fully saturated rings. The number of amides is 2. The molecule has 2 atom stereocenters. The lowest BCUT2D eigenvalue weighted by Gasteiger charge is -2.37. The fourth-order valence-electron chi connectivity index (χ4n) is 2.75. The predicted octanol–water partition coefficient (Wildman–Crippen LogP) is 1.77. The number of carbonyl (C=O) groups is 2. The van der Waals surface area contributed by atoms with Crippen LogP contribution in [-0.4, -0.2) is 52.1 Å². The van der Waals surface area contributed by atoms with Gasteiger partial charge in [0.15, 0.2) is 0 Å². The van der Waals surface area contributed by atoms with Crippen molar-refractivity contribution in [3.8, 4) is 0 Å². The molecule has 0 N–H and O–H groups in total. The lowest BCUT2D eigenvalue weighted by atomic mass is 10.1. The van der Waals surface area contributed by atoms with Crippen molar-refractivity contribution < 1.29 is 9.59 Å². The van der Waals surface area contributed by atoms with Gasteiger partial charge in [0.05, 0.1) is 4.83 Å². The zero-order valence-electron chi connectivity index (χ0n) is 10.9. The summed E-state index contributed by atoms with van der Waals surface area (Å²) in [5.41, 5.74) is 0. The number of piperidine rings is 2. The molecule has 2 aliphatic heterocycles. The van der Waals surface area contributed by atoms with Crippen molar-refractivity contribution in [2.24, 2.45) is 0 Å². The normalized spacial score (nSPS) is 27.2. The SMILES string of the molecule is CC(C(=O)N1CCCCC1)N1CCCC(Br)C1=O. The summed E-state index contributed by atoms with van der Waals surface area (Å²) in [6.07, 6.45) is 5.24. The summed E-state index contributed by atoms with van der Waals surface area (Å²) in [5.74, 6) is 0.184. The van der Waals surface area contributed by atoms with Crippen LogP contribution in [0.25, 0.3) is 0 Å². The molecule has 0 aromatic rings. The quantitative estimate of drug-likeness (QED) is 0.729. The van der Waals surface area contributed by atoms with Crippen LogP contribution in [0.5, 0.6) is 0 Å². The number of alkyl halides is 1. The highest BCUT2D eigenvalue weighted by Crippen LogP contribution is 2.21. The minimum Gasteiger partial charge on any atom is -0.341 e. The van der Waals surface area contributed by atoms with Crippen LogP contribution in [0.15, 0.2) is 0 Å². The van der Waals surface area contributed by atoms with E-state index in [0.29, 0.717) is 6.54 Å². The molecule has 0 aromatic carbocycles. The first kappa shape index (κ1) is 13.8. The Morgan fingerprint density at radius 1 is 1.22 bits per heavy atom.